The van der Waals surface area contributed by atoms with Crippen LogP contribution in [0.25, 0.3) is 0 Å². The Bertz CT molecular complexity index is 1470. The van der Waals surface area contributed by atoms with E-state index in [1.54, 1.807) is 6.08 Å². The molecule has 2 rings (SSSR count). The summed E-state index contributed by atoms with van der Waals surface area (Å²) < 4.78 is 61.9. The topological polar surface area (TPSA) is 258 Å². The van der Waals surface area contributed by atoms with Crippen molar-refractivity contribution in [2.45, 2.75) is 139 Å². The number of carbonyl (C=O) groups excluding carboxylic acids is 8. The molecule has 2 fully saturated rings. The summed E-state index contributed by atoms with van der Waals surface area (Å²) in [6.07, 6.45) is -3.58. The normalized spacial score (nSPS) is 25.5. The van der Waals surface area contributed by atoms with Crippen molar-refractivity contribution in [2.75, 3.05) is 59.5 Å². The van der Waals surface area contributed by atoms with E-state index in [1.807, 2.05) is 0 Å². The first-order valence-corrected chi connectivity index (χ1v) is 22.7. The first-order valence-electron chi connectivity index (χ1n) is 20.8. The average molecular weight is 953 g/mol. The van der Waals surface area contributed by atoms with Gasteiger partial charge in [0.25, 0.3) is 0 Å². The molecule has 10 atom stereocenters. The van der Waals surface area contributed by atoms with E-state index in [1.165, 1.54) is 78.9 Å². The maximum absolute atomic E-state index is 12.3. The monoisotopic (exact) mass is 952 g/mol. The number of carbonyl (C=O) groups is 8. The average Bonchev–Trinajstić information content (AvgIpc) is 3.19. The van der Waals surface area contributed by atoms with Gasteiger partial charge in [0.05, 0.1) is 48.9 Å². The van der Waals surface area contributed by atoms with Gasteiger partial charge in [-0.15, -0.1) is 30.1 Å². The molecule has 0 spiro atoms. The minimum absolute atomic E-state index is 0.00205. The summed E-state index contributed by atoms with van der Waals surface area (Å²) in [6, 6.07) is 0. The van der Waals surface area contributed by atoms with Crippen molar-refractivity contribution < 1.29 is 95.6 Å². The van der Waals surface area contributed by atoms with Gasteiger partial charge < -0.3 is 57.2 Å². The zero-order valence-corrected chi connectivity index (χ0v) is 39.4. The lowest BCUT2D eigenvalue weighted by molar-refractivity contribution is -0.186. The molecular formula is C42H64O20S2. The molecular weight excluding hydrogens is 889 g/mol. The largest absolute Gasteiger partial charge is 0.465 e. The highest BCUT2D eigenvalue weighted by Gasteiger charge is 2.52. The van der Waals surface area contributed by atoms with Crippen LogP contribution in [0, 0.1) is 5.41 Å². The molecule has 0 saturated carbocycles. The first kappa shape index (κ1) is 56.2. The second-order valence-electron chi connectivity index (χ2n) is 15.3. The van der Waals surface area contributed by atoms with Crippen molar-refractivity contribution >= 4 is 71.3 Å². The lowest BCUT2D eigenvalue weighted by Gasteiger charge is -2.44. The number of ether oxygens (including phenoxy) is 11. The molecule has 0 aromatic heterocycles. The summed E-state index contributed by atoms with van der Waals surface area (Å²) in [7, 11) is 0. The van der Waals surface area contributed by atoms with Crippen molar-refractivity contribution in [3.63, 3.8) is 0 Å². The van der Waals surface area contributed by atoms with Gasteiger partial charge in [0.1, 0.15) is 13.2 Å². The van der Waals surface area contributed by atoms with Crippen LogP contribution in [0.1, 0.15) is 81.1 Å². The summed E-state index contributed by atoms with van der Waals surface area (Å²) in [6.45, 7) is 13.0. The zero-order valence-electron chi connectivity index (χ0n) is 37.8. The predicted molar refractivity (Wildman–Crippen MR) is 228 cm³/mol. The van der Waals surface area contributed by atoms with Crippen LogP contribution in [0.4, 0.5) is 0 Å². The van der Waals surface area contributed by atoms with Gasteiger partial charge in [0.15, 0.2) is 36.6 Å². The van der Waals surface area contributed by atoms with Crippen LogP contribution >= 0.6 is 23.5 Å². The predicted octanol–water partition coefficient (Wildman–Crippen LogP) is 2.45. The molecule has 64 heavy (non-hydrogen) atoms. The van der Waals surface area contributed by atoms with Gasteiger partial charge in [0.2, 0.25) is 0 Å². The van der Waals surface area contributed by atoms with Gasteiger partial charge >= 0.3 is 47.8 Å². The number of hydrogen-bond donors (Lipinski definition) is 1. The number of thioether (sulfide) groups is 2. The molecule has 2 saturated heterocycles. The molecule has 0 unspecified atom stereocenters. The van der Waals surface area contributed by atoms with E-state index in [0.29, 0.717) is 25.7 Å². The Hall–Kier alpha value is -3.96. The molecule has 0 radical (unpaired) electrons. The second kappa shape index (κ2) is 28.8. The Morgan fingerprint density at radius 1 is 0.484 bits per heavy atom. The number of hydrogen-bond acceptors (Lipinski definition) is 22. The fourth-order valence-electron chi connectivity index (χ4n) is 7.07. The second-order valence-corrected chi connectivity index (χ2v) is 18.3. The van der Waals surface area contributed by atoms with Gasteiger partial charge in [-0.2, -0.15) is 0 Å². The summed E-state index contributed by atoms with van der Waals surface area (Å²) in [5, 5.41) is 8.29. The molecule has 20 nitrogen and oxygen atoms in total. The fourth-order valence-corrected chi connectivity index (χ4v) is 10.3. The quantitative estimate of drug-likeness (QED) is 0.0537. The van der Waals surface area contributed by atoms with E-state index in [4.69, 9.17) is 52.1 Å². The van der Waals surface area contributed by atoms with Crippen molar-refractivity contribution in [3.8, 4) is 0 Å². The first-order chi connectivity index (χ1) is 30.2. The SMILES string of the molecule is C=CCOCC(CO)(COCCC[C@H]1S[C@@H](COC(C)=O)[C@@H](OC(C)=O)[C@H](OC(C)=O)[C@@H]1OC(C)=O)COCCC[C@H]1S[C@@H](COC(C)=O)[C@@H](OC(C)=O)[C@H](OC(C)=O)[C@@H]1OC(C)=O. The number of rotatable bonds is 27. The van der Waals surface area contributed by atoms with E-state index >= 15 is 0 Å². The molecule has 0 aromatic rings. The zero-order chi connectivity index (χ0) is 48.0. The van der Waals surface area contributed by atoms with Crippen LogP contribution in [0.3, 0.4) is 0 Å². The summed E-state index contributed by atoms with van der Waals surface area (Å²) in [4.78, 5) is 96.6. The van der Waals surface area contributed by atoms with Crippen molar-refractivity contribution in [1.29, 1.82) is 0 Å². The van der Waals surface area contributed by atoms with Crippen LogP contribution in [0.15, 0.2) is 12.7 Å². The Labute approximate surface area is 382 Å². The molecule has 0 amide bonds. The minimum atomic E-state index is -1.20. The molecule has 0 aliphatic carbocycles. The van der Waals surface area contributed by atoms with E-state index in [2.05, 4.69) is 6.58 Å². The summed E-state index contributed by atoms with van der Waals surface area (Å²) in [5.41, 5.74) is -1.03. The van der Waals surface area contributed by atoms with Gasteiger partial charge in [-0.05, 0) is 25.7 Å². The van der Waals surface area contributed by atoms with Crippen LogP contribution in [0.2, 0.25) is 0 Å². The fraction of sp³-hybridized carbons (Fsp3) is 0.762. The molecule has 2 aliphatic rings. The molecule has 0 bridgehead atoms. The highest BCUT2D eigenvalue weighted by Crippen LogP contribution is 2.41. The Morgan fingerprint density at radius 2 is 0.797 bits per heavy atom. The number of esters is 8. The number of aliphatic hydroxyl groups is 1. The third kappa shape index (κ3) is 20.1. The molecule has 0 aromatic carbocycles. The maximum atomic E-state index is 12.3. The highest BCUT2D eigenvalue weighted by molar-refractivity contribution is 8.01. The minimum Gasteiger partial charge on any atom is -0.465 e. The van der Waals surface area contributed by atoms with Crippen molar-refractivity contribution in [3.05, 3.63) is 12.7 Å². The van der Waals surface area contributed by atoms with E-state index < -0.39 is 111 Å². The lowest BCUT2D eigenvalue weighted by Crippen LogP contribution is -2.58. The summed E-state index contributed by atoms with van der Waals surface area (Å²) in [5.74, 6) is -5.20. The molecule has 1 N–H and O–H groups in total. The van der Waals surface area contributed by atoms with E-state index in [-0.39, 0.29) is 59.5 Å². The van der Waals surface area contributed by atoms with Crippen LogP contribution in [0.5, 0.6) is 0 Å². The Kier molecular flexibility index (Phi) is 25.3. The van der Waals surface area contributed by atoms with Crippen LogP contribution < -0.4 is 0 Å². The molecule has 364 valence electrons. The van der Waals surface area contributed by atoms with Gasteiger partial charge in [-0.3, -0.25) is 38.4 Å². The van der Waals surface area contributed by atoms with Crippen molar-refractivity contribution in [1.82, 2.24) is 0 Å². The van der Waals surface area contributed by atoms with Gasteiger partial charge in [-0.25, -0.2) is 0 Å². The third-order valence-corrected chi connectivity index (χ3v) is 12.7. The summed E-state index contributed by atoms with van der Waals surface area (Å²) >= 11 is 2.54. The van der Waals surface area contributed by atoms with Gasteiger partial charge in [-0.1, -0.05) is 6.08 Å². The molecule has 2 heterocycles. The van der Waals surface area contributed by atoms with Crippen LogP contribution in [-0.2, 0) is 90.5 Å². The lowest BCUT2D eigenvalue weighted by atomic mass is 9.92. The smallest absolute Gasteiger partial charge is 0.303 e. The van der Waals surface area contributed by atoms with Crippen LogP contribution in [-0.4, -0.2) is 170 Å². The maximum Gasteiger partial charge on any atom is 0.303 e. The number of aliphatic hydroxyl groups excluding tert-OH is 1. The van der Waals surface area contributed by atoms with Crippen molar-refractivity contribution in [2.24, 2.45) is 5.41 Å². The molecule has 22 heteroatoms. The molecule has 2 aliphatic heterocycles. The van der Waals surface area contributed by atoms with Gasteiger partial charge in [0, 0.05) is 79.1 Å². The Balaban J connectivity index is 2.18. The third-order valence-electron chi connectivity index (χ3n) is 9.52. The standard InChI is InChI=1S/C42H64O20S2/c1-10-15-52-21-42(20-43,22-53-16-11-13-32-36(57-26(4)46)40(61-30(8)50)38(59-28(6)48)34(63-32)18-55-24(2)44)23-54-17-12-14-33-37(58-27(5)47)41(62-31(9)51)39(60-29(7)49)35(64-33)19-56-25(3)45/h10,32-41,43H,1,11-23H2,2-9H3/t32-,33-,34+,35+,36-,37-,38-,39-,40-,41-/m1/s1. The Morgan fingerprint density at radius 3 is 1.09 bits per heavy atom. The highest BCUT2D eigenvalue weighted by atomic mass is 32.2. The van der Waals surface area contributed by atoms with E-state index in [9.17, 15) is 43.5 Å². The van der Waals surface area contributed by atoms with E-state index in [0.717, 1.165) is 0 Å².